The van der Waals surface area contributed by atoms with E-state index in [1.54, 1.807) is 0 Å². The lowest BCUT2D eigenvalue weighted by molar-refractivity contribution is 0.805. The van der Waals surface area contributed by atoms with Crippen LogP contribution in [0.15, 0.2) is 6.07 Å². The molecule has 0 aromatic carbocycles. The summed E-state index contributed by atoms with van der Waals surface area (Å²) in [6, 6.07) is 1.99. The van der Waals surface area contributed by atoms with Gasteiger partial charge in [-0.05, 0) is 39.7 Å². The first-order valence-electron chi connectivity index (χ1n) is 4.68. The van der Waals surface area contributed by atoms with Gasteiger partial charge >= 0.3 is 0 Å². The molecule has 0 amide bonds. The van der Waals surface area contributed by atoms with E-state index < -0.39 is 0 Å². The van der Waals surface area contributed by atoms with Crippen molar-refractivity contribution in [3.63, 3.8) is 0 Å². The minimum atomic E-state index is 0.264. The van der Waals surface area contributed by atoms with Crippen LogP contribution in [0.1, 0.15) is 31.2 Å². The number of nitrogens with zero attached hydrogens (tertiary/aromatic N) is 2. The fraction of sp³-hybridized carbons (Fsp3) is 0.600. The number of rotatable bonds is 2. The molecule has 1 fully saturated rings. The van der Waals surface area contributed by atoms with Crippen molar-refractivity contribution >= 4 is 5.95 Å². The van der Waals surface area contributed by atoms with Gasteiger partial charge < -0.3 is 5.32 Å². The van der Waals surface area contributed by atoms with Crippen molar-refractivity contribution in [2.75, 3.05) is 5.32 Å². The summed E-state index contributed by atoms with van der Waals surface area (Å²) in [5.74, 6) is 0.775. The average Bonchev–Trinajstić information content (AvgIpc) is 2.64. The zero-order valence-corrected chi connectivity index (χ0v) is 8.39. The van der Waals surface area contributed by atoms with Crippen LogP contribution in [0.3, 0.4) is 0 Å². The summed E-state index contributed by atoms with van der Waals surface area (Å²) in [4.78, 5) is 8.67. The Bertz CT molecular complexity index is 309. The van der Waals surface area contributed by atoms with Gasteiger partial charge in [-0.3, -0.25) is 0 Å². The minimum Gasteiger partial charge on any atom is -0.349 e. The number of anilines is 1. The van der Waals surface area contributed by atoms with Gasteiger partial charge in [0.25, 0.3) is 0 Å². The zero-order chi connectivity index (χ0) is 9.47. The molecule has 13 heavy (non-hydrogen) atoms. The Morgan fingerprint density at radius 1 is 1.23 bits per heavy atom. The number of nitrogens with one attached hydrogen (secondary N) is 1. The van der Waals surface area contributed by atoms with E-state index in [9.17, 15) is 0 Å². The Hall–Kier alpha value is -1.12. The highest BCUT2D eigenvalue weighted by Crippen LogP contribution is 2.37. The van der Waals surface area contributed by atoms with Gasteiger partial charge in [0, 0.05) is 16.9 Å². The topological polar surface area (TPSA) is 37.8 Å². The Labute approximate surface area is 78.6 Å². The summed E-state index contributed by atoms with van der Waals surface area (Å²) >= 11 is 0. The van der Waals surface area contributed by atoms with E-state index in [1.165, 1.54) is 12.8 Å². The molecule has 2 rings (SSSR count). The summed E-state index contributed by atoms with van der Waals surface area (Å²) in [6.45, 7) is 6.19. The summed E-state index contributed by atoms with van der Waals surface area (Å²) in [5, 5.41) is 3.35. The maximum Gasteiger partial charge on any atom is 0.223 e. The van der Waals surface area contributed by atoms with Crippen molar-refractivity contribution in [1.82, 2.24) is 9.97 Å². The van der Waals surface area contributed by atoms with Crippen LogP contribution in [-0.2, 0) is 0 Å². The molecule has 0 spiro atoms. The predicted octanol–water partition coefficient (Wildman–Crippen LogP) is 2.06. The third-order valence-electron chi connectivity index (χ3n) is 2.40. The molecular weight excluding hydrogens is 162 g/mol. The highest BCUT2D eigenvalue weighted by atomic mass is 15.2. The summed E-state index contributed by atoms with van der Waals surface area (Å²) in [7, 11) is 0. The standard InChI is InChI=1S/C10H15N3/c1-7-6-8(2)12-9(11-7)13-10(3)4-5-10/h6H,4-5H2,1-3H3,(H,11,12,13). The van der Waals surface area contributed by atoms with Crippen LogP contribution in [0.2, 0.25) is 0 Å². The zero-order valence-electron chi connectivity index (χ0n) is 8.39. The number of hydrogen-bond donors (Lipinski definition) is 1. The van der Waals surface area contributed by atoms with Crippen LogP contribution >= 0.6 is 0 Å². The highest BCUT2D eigenvalue weighted by Gasteiger charge is 2.37. The molecule has 1 saturated carbocycles. The van der Waals surface area contributed by atoms with E-state index in [0.29, 0.717) is 0 Å². The molecule has 1 aromatic heterocycles. The quantitative estimate of drug-likeness (QED) is 0.751. The van der Waals surface area contributed by atoms with E-state index in [1.807, 2.05) is 19.9 Å². The molecule has 3 heteroatoms. The SMILES string of the molecule is Cc1cc(C)nc(NC2(C)CC2)n1. The van der Waals surface area contributed by atoms with E-state index in [-0.39, 0.29) is 5.54 Å². The second-order valence-electron chi connectivity index (χ2n) is 4.16. The largest absolute Gasteiger partial charge is 0.349 e. The lowest BCUT2D eigenvalue weighted by atomic mass is 10.3. The van der Waals surface area contributed by atoms with Crippen LogP contribution in [0.25, 0.3) is 0 Å². The number of hydrogen-bond acceptors (Lipinski definition) is 3. The van der Waals surface area contributed by atoms with Gasteiger partial charge in [0.2, 0.25) is 5.95 Å². The number of aryl methyl sites for hydroxylation is 2. The summed E-state index contributed by atoms with van der Waals surface area (Å²) in [6.07, 6.45) is 2.45. The first-order chi connectivity index (χ1) is 6.07. The molecular formula is C10H15N3. The maximum absolute atomic E-state index is 4.34. The molecule has 70 valence electrons. The fourth-order valence-corrected chi connectivity index (χ4v) is 1.36. The first kappa shape index (κ1) is 8.48. The second-order valence-corrected chi connectivity index (χ2v) is 4.16. The van der Waals surface area contributed by atoms with Gasteiger partial charge in [-0.1, -0.05) is 0 Å². The third kappa shape index (κ3) is 1.97. The van der Waals surface area contributed by atoms with Crippen molar-refractivity contribution < 1.29 is 0 Å². The van der Waals surface area contributed by atoms with E-state index in [0.717, 1.165) is 17.3 Å². The second kappa shape index (κ2) is 2.69. The smallest absolute Gasteiger partial charge is 0.223 e. The van der Waals surface area contributed by atoms with Crippen molar-refractivity contribution in [3.05, 3.63) is 17.5 Å². The molecule has 1 aromatic rings. The van der Waals surface area contributed by atoms with E-state index in [4.69, 9.17) is 0 Å². The molecule has 1 heterocycles. The molecule has 0 radical (unpaired) electrons. The van der Waals surface area contributed by atoms with Gasteiger partial charge in [-0.25, -0.2) is 9.97 Å². The van der Waals surface area contributed by atoms with Crippen molar-refractivity contribution in [3.8, 4) is 0 Å². The van der Waals surface area contributed by atoms with Gasteiger partial charge in [0.15, 0.2) is 0 Å². The van der Waals surface area contributed by atoms with Crippen LogP contribution < -0.4 is 5.32 Å². The van der Waals surface area contributed by atoms with E-state index >= 15 is 0 Å². The van der Waals surface area contributed by atoms with Crippen LogP contribution in [-0.4, -0.2) is 15.5 Å². The molecule has 0 unspecified atom stereocenters. The monoisotopic (exact) mass is 177 g/mol. The van der Waals surface area contributed by atoms with Gasteiger partial charge in [0.1, 0.15) is 0 Å². The Kier molecular flexibility index (Phi) is 1.75. The first-order valence-corrected chi connectivity index (χ1v) is 4.68. The van der Waals surface area contributed by atoms with Gasteiger partial charge in [-0.2, -0.15) is 0 Å². The normalized spacial score (nSPS) is 18.4. The molecule has 1 aliphatic rings. The van der Waals surface area contributed by atoms with E-state index in [2.05, 4.69) is 22.2 Å². The molecule has 0 bridgehead atoms. The molecule has 1 aliphatic carbocycles. The van der Waals surface area contributed by atoms with Gasteiger partial charge in [0.05, 0.1) is 0 Å². The van der Waals surface area contributed by atoms with Crippen molar-refractivity contribution in [2.45, 2.75) is 39.2 Å². The molecule has 0 aliphatic heterocycles. The lowest BCUT2D eigenvalue weighted by Crippen LogP contribution is -2.18. The Morgan fingerprint density at radius 3 is 2.23 bits per heavy atom. The highest BCUT2D eigenvalue weighted by molar-refractivity contribution is 5.34. The Balaban J connectivity index is 2.20. The summed E-state index contributed by atoms with van der Waals surface area (Å²) in [5.41, 5.74) is 2.32. The number of aromatic nitrogens is 2. The maximum atomic E-state index is 4.34. The summed E-state index contributed by atoms with van der Waals surface area (Å²) < 4.78 is 0. The van der Waals surface area contributed by atoms with Crippen molar-refractivity contribution in [2.24, 2.45) is 0 Å². The molecule has 3 nitrogen and oxygen atoms in total. The van der Waals surface area contributed by atoms with Crippen LogP contribution in [0.5, 0.6) is 0 Å². The van der Waals surface area contributed by atoms with Crippen LogP contribution in [0.4, 0.5) is 5.95 Å². The molecule has 0 saturated heterocycles. The minimum absolute atomic E-state index is 0.264. The van der Waals surface area contributed by atoms with Crippen LogP contribution in [0, 0.1) is 13.8 Å². The third-order valence-corrected chi connectivity index (χ3v) is 2.40. The molecule has 1 N–H and O–H groups in total. The molecule has 0 atom stereocenters. The average molecular weight is 177 g/mol. The fourth-order valence-electron chi connectivity index (χ4n) is 1.36. The predicted molar refractivity (Wildman–Crippen MR) is 52.8 cm³/mol. The van der Waals surface area contributed by atoms with Crippen molar-refractivity contribution in [1.29, 1.82) is 0 Å². The lowest BCUT2D eigenvalue weighted by Gasteiger charge is -2.11. The Morgan fingerprint density at radius 2 is 1.77 bits per heavy atom. The van der Waals surface area contributed by atoms with Gasteiger partial charge in [-0.15, -0.1) is 0 Å².